The molecule has 0 atom stereocenters. The van der Waals surface area contributed by atoms with Crippen molar-refractivity contribution in [1.29, 1.82) is 0 Å². The van der Waals surface area contributed by atoms with E-state index in [0.29, 0.717) is 26.2 Å². The number of nitrogens with one attached hydrogen (secondary N) is 2. The number of piperidine rings is 1. The topological polar surface area (TPSA) is 96.3 Å². The van der Waals surface area contributed by atoms with E-state index in [-0.39, 0.29) is 29.1 Å². The summed E-state index contributed by atoms with van der Waals surface area (Å²) in [7, 11) is 0. The molecule has 2 heterocycles. The van der Waals surface area contributed by atoms with Crippen molar-refractivity contribution in [2.45, 2.75) is 25.4 Å². The maximum Gasteiger partial charge on any atom is 0.271 e. The summed E-state index contributed by atoms with van der Waals surface area (Å²) in [5.41, 5.74) is 1.69. The minimum Gasteiger partial charge on any atom is -0.348 e. The molecule has 1 saturated heterocycles. The molecule has 0 radical (unpaired) electrons. The molecule has 1 aliphatic rings. The van der Waals surface area contributed by atoms with Gasteiger partial charge in [0.2, 0.25) is 5.91 Å². The Morgan fingerprint density at radius 3 is 2.27 bits per heavy atom. The second kappa shape index (κ2) is 10.7. The van der Waals surface area contributed by atoms with Gasteiger partial charge in [0.25, 0.3) is 11.5 Å². The first-order chi connectivity index (χ1) is 16.1. The summed E-state index contributed by atoms with van der Waals surface area (Å²) in [4.78, 5) is 39.2. The molecule has 1 aliphatic heterocycles. The van der Waals surface area contributed by atoms with Crippen LogP contribution in [0.3, 0.4) is 0 Å². The van der Waals surface area contributed by atoms with Crippen LogP contribution < -0.4 is 16.2 Å². The SMILES string of the molecule is O=C(CN1CCC(NC(=O)c2ccc(=O)n(Cc3ccccc3)n2)CC1)Nc1ccccc1. The Morgan fingerprint density at radius 2 is 1.58 bits per heavy atom. The lowest BCUT2D eigenvalue weighted by atomic mass is 10.0. The summed E-state index contributed by atoms with van der Waals surface area (Å²) >= 11 is 0. The van der Waals surface area contributed by atoms with Gasteiger partial charge in [0.05, 0.1) is 13.1 Å². The predicted octanol–water partition coefficient (Wildman–Crippen LogP) is 2.12. The molecule has 0 saturated carbocycles. The molecule has 4 rings (SSSR count). The van der Waals surface area contributed by atoms with E-state index >= 15 is 0 Å². The van der Waals surface area contributed by atoms with Crippen molar-refractivity contribution in [3.8, 4) is 0 Å². The van der Waals surface area contributed by atoms with E-state index in [9.17, 15) is 14.4 Å². The van der Waals surface area contributed by atoms with Gasteiger partial charge in [-0.25, -0.2) is 4.68 Å². The van der Waals surface area contributed by atoms with Crippen LogP contribution >= 0.6 is 0 Å². The van der Waals surface area contributed by atoms with E-state index in [1.807, 2.05) is 60.7 Å². The number of carbonyl (C=O) groups excluding carboxylic acids is 2. The van der Waals surface area contributed by atoms with Gasteiger partial charge in [-0.15, -0.1) is 0 Å². The number of anilines is 1. The molecular weight excluding hydrogens is 418 g/mol. The number of hydrogen-bond acceptors (Lipinski definition) is 5. The molecule has 8 heteroatoms. The number of amides is 2. The zero-order valence-electron chi connectivity index (χ0n) is 18.3. The van der Waals surface area contributed by atoms with Crippen LogP contribution in [0.5, 0.6) is 0 Å². The van der Waals surface area contributed by atoms with Crippen molar-refractivity contribution in [3.63, 3.8) is 0 Å². The molecule has 1 fully saturated rings. The van der Waals surface area contributed by atoms with Gasteiger partial charge in [-0.2, -0.15) is 5.10 Å². The van der Waals surface area contributed by atoms with Crippen molar-refractivity contribution in [2.75, 3.05) is 25.0 Å². The van der Waals surface area contributed by atoms with Crippen LogP contribution in [0, 0.1) is 0 Å². The zero-order chi connectivity index (χ0) is 23.0. The lowest BCUT2D eigenvalue weighted by Crippen LogP contribution is -2.46. The van der Waals surface area contributed by atoms with Crippen LogP contribution in [-0.2, 0) is 11.3 Å². The molecule has 2 N–H and O–H groups in total. The molecule has 0 aliphatic carbocycles. The second-order valence-corrected chi connectivity index (χ2v) is 8.14. The minimum atomic E-state index is -0.294. The highest BCUT2D eigenvalue weighted by Crippen LogP contribution is 2.12. The highest BCUT2D eigenvalue weighted by Gasteiger charge is 2.23. The molecule has 0 bridgehead atoms. The zero-order valence-corrected chi connectivity index (χ0v) is 18.3. The average molecular weight is 446 g/mol. The van der Waals surface area contributed by atoms with Crippen molar-refractivity contribution in [2.24, 2.45) is 0 Å². The maximum absolute atomic E-state index is 12.7. The first kappa shape index (κ1) is 22.4. The monoisotopic (exact) mass is 445 g/mol. The summed E-state index contributed by atoms with van der Waals surface area (Å²) in [6.07, 6.45) is 1.49. The highest BCUT2D eigenvalue weighted by molar-refractivity contribution is 5.92. The highest BCUT2D eigenvalue weighted by atomic mass is 16.2. The molecule has 2 aromatic carbocycles. The normalized spacial score (nSPS) is 14.5. The summed E-state index contributed by atoms with van der Waals surface area (Å²) in [6.45, 7) is 2.06. The van der Waals surface area contributed by atoms with E-state index in [0.717, 1.165) is 24.1 Å². The Kier molecular flexibility index (Phi) is 7.26. The van der Waals surface area contributed by atoms with Crippen LogP contribution in [-0.4, -0.2) is 52.2 Å². The van der Waals surface area contributed by atoms with Crippen LogP contribution in [0.4, 0.5) is 5.69 Å². The Hall–Kier alpha value is -3.78. The number of benzene rings is 2. The third kappa shape index (κ3) is 6.36. The standard InChI is InChI=1S/C25H27N5O3/c31-23(26-20-9-5-2-6-10-20)18-29-15-13-21(14-16-29)27-25(33)22-11-12-24(32)30(28-22)17-19-7-3-1-4-8-19/h1-12,21H,13-18H2,(H,26,31)(H,27,33). The van der Waals surface area contributed by atoms with Crippen molar-refractivity contribution in [3.05, 3.63) is 94.4 Å². The summed E-state index contributed by atoms with van der Waals surface area (Å²) in [6, 6.07) is 21.7. The van der Waals surface area contributed by atoms with Gasteiger partial charge in [-0.3, -0.25) is 19.3 Å². The van der Waals surface area contributed by atoms with Crippen LogP contribution in [0.25, 0.3) is 0 Å². The fraction of sp³-hybridized carbons (Fsp3) is 0.280. The number of likely N-dealkylation sites (tertiary alicyclic amines) is 1. The van der Waals surface area contributed by atoms with Crippen molar-refractivity contribution in [1.82, 2.24) is 20.0 Å². The van der Waals surface area contributed by atoms with Gasteiger partial charge in [-0.05, 0) is 36.6 Å². The summed E-state index contributed by atoms with van der Waals surface area (Å²) in [5, 5.41) is 10.2. The van der Waals surface area contributed by atoms with E-state index in [1.54, 1.807) is 0 Å². The van der Waals surface area contributed by atoms with Gasteiger partial charge < -0.3 is 10.6 Å². The minimum absolute atomic E-state index is 0.00207. The summed E-state index contributed by atoms with van der Waals surface area (Å²) < 4.78 is 1.30. The molecule has 0 spiro atoms. The Morgan fingerprint density at radius 1 is 0.909 bits per heavy atom. The molecule has 3 aromatic rings. The lowest BCUT2D eigenvalue weighted by Gasteiger charge is -2.31. The third-order valence-electron chi connectivity index (χ3n) is 5.62. The second-order valence-electron chi connectivity index (χ2n) is 8.14. The smallest absolute Gasteiger partial charge is 0.271 e. The fourth-order valence-corrected chi connectivity index (χ4v) is 3.86. The van der Waals surface area contributed by atoms with Crippen LogP contribution in [0.1, 0.15) is 28.9 Å². The van der Waals surface area contributed by atoms with Gasteiger partial charge in [0, 0.05) is 30.9 Å². The van der Waals surface area contributed by atoms with Crippen LogP contribution in [0.2, 0.25) is 0 Å². The molecule has 170 valence electrons. The molecule has 33 heavy (non-hydrogen) atoms. The van der Waals surface area contributed by atoms with Gasteiger partial charge in [0.1, 0.15) is 5.69 Å². The van der Waals surface area contributed by atoms with E-state index < -0.39 is 0 Å². The first-order valence-corrected chi connectivity index (χ1v) is 11.1. The fourth-order valence-electron chi connectivity index (χ4n) is 3.86. The Bertz CT molecular complexity index is 1140. The number of carbonyl (C=O) groups is 2. The largest absolute Gasteiger partial charge is 0.348 e. The van der Waals surface area contributed by atoms with Crippen LogP contribution in [0.15, 0.2) is 77.6 Å². The van der Waals surface area contributed by atoms with Crippen molar-refractivity contribution < 1.29 is 9.59 Å². The molecule has 1 aromatic heterocycles. The number of rotatable bonds is 7. The Balaban J connectivity index is 1.27. The number of hydrogen-bond donors (Lipinski definition) is 2. The molecule has 0 unspecified atom stereocenters. The van der Waals surface area contributed by atoms with Gasteiger partial charge >= 0.3 is 0 Å². The number of nitrogens with zero attached hydrogens (tertiary/aromatic N) is 3. The molecule has 2 amide bonds. The van der Waals surface area contributed by atoms with Gasteiger partial charge in [-0.1, -0.05) is 48.5 Å². The number of aromatic nitrogens is 2. The Labute approximate surface area is 192 Å². The van der Waals surface area contributed by atoms with Gasteiger partial charge in [0.15, 0.2) is 0 Å². The predicted molar refractivity (Wildman–Crippen MR) is 126 cm³/mol. The average Bonchev–Trinajstić information content (AvgIpc) is 2.83. The maximum atomic E-state index is 12.7. The lowest BCUT2D eigenvalue weighted by molar-refractivity contribution is -0.117. The molecular formula is C25H27N5O3. The van der Waals surface area contributed by atoms with E-state index in [4.69, 9.17) is 0 Å². The van der Waals surface area contributed by atoms with E-state index in [2.05, 4.69) is 20.6 Å². The van der Waals surface area contributed by atoms with Crippen molar-refractivity contribution >= 4 is 17.5 Å². The quantitative estimate of drug-likeness (QED) is 0.581. The number of para-hydroxylation sites is 1. The molecule has 8 nitrogen and oxygen atoms in total. The summed E-state index contributed by atoms with van der Waals surface area (Å²) in [5.74, 6) is -0.342. The first-order valence-electron chi connectivity index (χ1n) is 11.1. The van der Waals surface area contributed by atoms with E-state index in [1.165, 1.54) is 16.8 Å². The third-order valence-corrected chi connectivity index (χ3v) is 5.62.